The maximum absolute atomic E-state index is 12.1. The first-order valence-electron chi connectivity index (χ1n) is 7.61. The van der Waals surface area contributed by atoms with Gasteiger partial charge in [0.25, 0.3) is 0 Å². The minimum Gasteiger partial charge on any atom is -0.459 e. The molecule has 3 rings (SSSR count). The minimum absolute atomic E-state index is 0.0124. The van der Waals surface area contributed by atoms with Gasteiger partial charge in [-0.15, -0.1) is 0 Å². The quantitative estimate of drug-likeness (QED) is 0.900. The van der Waals surface area contributed by atoms with Crippen LogP contribution >= 0.6 is 0 Å². The van der Waals surface area contributed by atoms with E-state index in [1.807, 2.05) is 38.1 Å². The fraction of sp³-hybridized carbons (Fsp3) is 0.438. The largest absolute Gasteiger partial charge is 0.459 e. The van der Waals surface area contributed by atoms with Crippen molar-refractivity contribution in [1.82, 2.24) is 10.6 Å². The number of benzene rings is 1. The predicted molar refractivity (Wildman–Crippen MR) is 88.1 cm³/mol. The highest BCUT2D eigenvalue weighted by atomic mass is 32.2. The highest BCUT2D eigenvalue weighted by Crippen LogP contribution is 2.29. The number of rotatable bonds is 3. The van der Waals surface area contributed by atoms with Gasteiger partial charge in [-0.1, -0.05) is 18.2 Å². The van der Waals surface area contributed by atoms with E-state index in [1.165, 1.54) is 0 Å². The molecule has 1 aliphatic heterocycles. The maximum atomic E-state index is 12.1. The number of hydrogen-bond acceptors (Lipinski definition) is 4. The molecule has 0 bridgehead atoms. The molecule has 2 unspecified atom stereocenters. The molecule has 2 heterocycles. The van der Waals surface area contributed by atoms with Crippen molar-refractivity contribution < 1.29 is 17.6 Å². The predicted octanol–water partition coefficient (Wildman–Crippen LogP) is 2.29. The van der Waals surface area contributed by atoms with Crippen LogP contribution < -0.4 is 10.6 Å². The zero-order chi connectivity index (χ0) is 16.6. The molecule has 2 aromatic rings. The highest BCUT2D eigenvalue weighted by molar-refractivity contribution is 7.91. The number of nitrogens with one attached hydrogen (secondary N) is 2. The van der Waals surface area contributed by atoms with Crippen LogP contribution in [0.1, 0.15) is 30.7 Å². The number of carbonyl (C=O) groups excluding carboxylic acids is 1. The monoisotopic (exact) mass is 336 g/mol. The molecule has 1 aromatic carbocycles. The van der Waals surface area contributed by atoms with Gasteiger partial charge in [-0.3, -0.25) is 0 Å². The number of amides is 2. The van der Waals surface area contributed by atoms with E-state index in [4.69, 9.17) is 4.42 Å². The number of aryl methyl sites for hydroxylation is 1. The lowest BCUT2D eigenvalue weighted by atomic mass is 10.1. The third-order valence-electron chi connectivity index (χ3n) is 4.19. The van der Waals surface area contributed by atoms with Crippen molar-refractivity contribution in [2.24, 2.45) is 0 Å². The van der Waals surface area contributed by atoms with Gasteiger partial charge in [0.15, 0.2) is 9.84 Å². The lowest BCUT2D eigenvalue weighted by Crippen LogP contribution is -2.43. The third-order valence-corrected chi connectivity index (χ3v) is 5.96. The summed E-state index contributed by atoms with van der Waals surface area (Å²) in [7, 11) is -3.01. The average Bonchev–Trinajstić information content (AvgIpc) is 2.99. The van der Waals surface area contributed by atoms with Gasteiger partial charge < -0.3 is 15.1 Å². The molecule has 1 aliphatic rings. The topological polar surface area (TPSA) is 88.4 Å². The Morgan fingerprint density at radius 1 is 1.35 bits per heavy atom. The second-order valence-corrected chi connectivity index (χ2v) is 8.26. The normalized spacial score (nSPS) is 21.2. The van der Waals surface area contributed by atoms with Crippen LogP contribution in [0.3, 0.4) is 0 Å². The van der Waals surface area contributed by atoms with E-state index in [0.717, 1.165) is 16.5 Å². The SMILES string of the molecule is Cc1c(C(C)NC(=O)NC2CCS(=O)(=O)C2)oc2ccccc12. The van der Waals surface area contributed by atoms with Gasteiger partial charge in [-0.05, 0) is 26.3 Å². The number of carbonyl (C=O) groups is 1. The van der Waals surface area contributed by atoms with Crippen molar-refractivity contribution in [2.45, 2.75) is 32.4 Å². The van der Waals surface area contributed by atoms with Crippen LogP contribution in [0.25, 0.3) is 11.0 Å². The highest BCUT2D eigenvalue weighted by Gasteiger charge is 2.29. The Balaban J connectivity index is 1.67. The van der Waals surface area contributed by atoms with Crippen molar-refractivity contribution in [1.29, 1.82) is 0 Å². The Hall–Kier alpha value is -2.02. The van der Waals surface area contributed by atoms with Crippen LogP contribution in [0.4, 0.5) is 4.79 Å². The van der Waals surface area contributed by atoms with Gasteiger partial charge in [-0.2, -0.15) is 0 Å². The zero-order valence-corrected chi connectivity index (χ0v) is 13.9. The summed E-state index contributed by atoms with van der Waals surface area (Å²) >= 11 is 0. The van der Waals surface area contributed by atoms with Crippen molar-refractivity contribution in [3.8, 4) is 0 Å². The molecule has 7 heteroatoms. The summed E-state index contributed by atoms with van der Waals surface area (Å²) < 4.78 is 28.7. The van der Waals surface area contributed by atoms with Gasteiger partial charge >= 0.3 is 6.03 Å². The molecule has 2 atom stereocenters. The van der Waals surface area contributed by atoms with Gasteiger partial charge in [0.1, 0.15) is 11.3 Å². The first-order valence-corrected chi connectivity index (χ1v) is 9.43. The van der Waals surface area contributed by atoms with Crippen LogP contribution in [-0.4, -0.2) is 32.0 Å². The molecule has 2 amide bonds. The number of fused-ring (bicyclic) bond motifs is 1. The molecule has 6 nitrogen and oxygen atoms in total. The molecule has 1 fully saturated rings. The Kier molecular flexibility index (Phi) is 4.06. The van der Waals surface area contributed by atoms with Crippen molar-refractivity contribution >= 4 is 26.8 Å². The number of urea groups is 1. The van der Waals surface area contributed by atoms with Crippen LogP contribution in [0.15, 0.2) is 28.7 Å². The van der Waals surface area contributed by atoms with E-state index in [0.29, 0.717) is 12.2 Å². The van der Waals surface area contributed by atoms with Crippen molar-refractivity contribution in [3.63, 3.8) is 0 Å². The fourth-order valence-electron chi connectivity index (χ4n) is 3.00. The fourth-order valence-corrected chi connectivity index (χ4v) is 4.68. The Bertz CT molecular complexity index is 841. The molecule has 2 N–H and O–H groups in total. The van der Waals surface area contributed by atoms with Gasteiger partial charge in [-0.25, -0.2) is 13.2 Å². The first kappa shape index (κ1) is 15.9. The zero-order valence-electron chi connectivity index (χ0n) is 13.1. The van der Waals surface area contributed by atoms with Crippen LogP contribution in [0.5, 0.6) is 0 Å². The van der Waals surface area contributed by atoms with Crippen LogP contribution in [0.2, 0.25) is 0 Å². The third kappa shape index (κ3) is 3.34. The van der Waals surface area contributed by atoms with E-state index < -0.39 is 9.84 Å². The molecule has 0 saturated carbocycles. The average molecular weight is 336 g/mol. The smallest absolute Gasteiger partial charge is 0.315 e. The molecule has 1 saturated heterocycles. The summed E-state index contributed by atoms with van der Waals surface area (Å²) in [4.78, 5) is 12.1. The number of furan rings is 1. The van der Waals surface area contributed by atoms with Crippen LogP contribution in [-0.2, 0) is 9.84 Å². The summed E-state index contributed by atoms with van der Waals surface area (Å²) in [6.45, 7) is 3.80. The molecular formula is C16H20N2O4S. The molecular weight excluding hydrogens is 316 g/mol. The molecule has 0 radical (unpaired) electrons. The van der Waals surface area contributed by atoms with Gasteiger partial charge in [0, 0.05) is 17.0 Å². The summed E-state index contributed by atoms with van der Waals surface area (Å²) in [5, 5.41) is 6.56. The molecule has 1 aromatic heterocycles. The van der Waals surface area contributed by atoms with E-state index in [2.05, 4.69) is 10.6 Å². The lowest BCUT2D eigenvalue weighted by Gasteiger charge is -2.16. The first-order chi connectivity index (χ1) is 10.9. The summed E-state index contributed by atoms with van der Waals surface area (Å²) in [6.07, 6.45) is 0.466. The number of sulfone groups is 1. The summed E-state index contributed by atoms with van der Waals surface area (Å²) in [5.41, 5.74) is 1.78. The maximum Gasteiger partial charge on any atom is 0.315 e. The Labute approximate surface area is 135 Å². The van der Waals surface area contributed by atoms with E-state index >= 15 is 0 Å². The second-order valence-electron chi connectivity index (χ2n) is 6.03. The van der Waals surface area contributed by atoms with Crippen LogP contribution in [0, 0.1) is 6.92 Å². The second kappa shape index (κ2) is 5.88. The molecule has 124 valence electrons. The molecule has 0 aliphatic carbocycles. The van der Waals surface area contributed by atoms with Gasteiger partial charge in [0.05, 0.1) is 17.5 Å². The lowest BCUT2D eigenvalue weighted by molar-refractivity contribution is 0.233. The minimum atomic E-state index is -3.01. The number of hydrogen-bond donors (Lipinski definition) is 2. The van der Waals surface area contributed by atoms with Crippen molar-refractivity contribution in [2.75, 3.05) is 11.5 Å². The van der Waals surface area contributed by atoms with E-state index in [1.54, 1.807) is 0 Å². The summed E-state index contributed by atoms with van der Waals surface area (Å²) in [6, 6.07) is 6.72. The van der Waals surface area contributed by atoms with Crippen molar-refractivity contribution in [3.05, 3.63) is 35.6 Å². The van der Waals surface area contributed by atoms with Gasteiger partial charge in [0.2, 0.25) is 0 Å². The Morgan fingerprint density at radius 2 is 2.09 bits per heavy atom. The summed E-state index contributed by atoms with van der Waals surface area (Å²) in [5.74, 6) is 0.856. The van der Waals surface area contributed by atoms with E-state index in [9.17, 15) is 13.2 Å². The number of para-hydroxylation sites is 1. The standard InChI is InChI=1S/C16H20N2O4S/c1-10-13-5-3-4-6-14(13)22-15(10)11(2)17-16(19)18-12-7-8-23(20,21)9-12/h3-6,11-12H,7-9H2,1-2H3,(H2,17,18,19). The van der Waals surface area contributed by atoms with E-state index in [-0.39, 0.29) is 29.6 Å². The Morgan fingerprint density at radius 3 is 2.74 bits per heavy atom. The molecule has 0 spiro atoms. The molecule has 23 heavy (non-hydrogen) atoms.